The number of para-hydroxylation sites is 1. The van der Waals surface area contributed by atoms with E-state index >= 15 is 0 Å². The quantitative estimate of drug-likeness (QED) is 0.325. The van der Waals surface area contributed by atoms with Gasteiger partial charge in [0.2, 0.25) is 5.55 Å². The molecular weight excluding hydrogens is 476 g/mol. The Bertz CT molecular complexity index is 1500. The molecule has 2 aromatic heterocycles. The van der Waals surface area contributed by atoms with E-state index in [2.05, 4.69) is 5.32 Å². The van der Waals surface area contributed by atoms with Crippen LogP contribution in [0.5, 0.6) is 5.75 Å². The van der Waals surface area contributed by atoms with E-state index < -0.39 is 5.97 Å². The van der Waals surface area contributed by atoms with Crippen molar-refractivity contribution in [2.45, 2.75) is 32.6 Å². The average Bonchev–Trinajstić information content (AvgIpc) is 3.26. The molecule has 36 heavy (non-hydrogen) atoms. The van der Waals surface area contributed by atoms with Crippen LogP contribution in [0, 0.1) is 0 Å². The fourth-order valence-electron chi connectivity index (χ4n) is 4.34. The van der Waals surface area contributed by atoms with Crippen molar-refractivity contribution in [1.29, 1.82) is 0 Å². The summed E-state index contributed by atoms with van der Waals surface area (Å²) in [5.74, 6) is -0.115. The topological polar surface area (TPSA) is 90.1 Å². The van der Waals surface area contributed by atoms with Crippen LogP contribution in [-0.4, -0.2) is 25.6 Å². The largest absolute Gasteiger partial charge is 0.497 e. The predicted molar refractivity (Wildman–Crippen MR) is 139 cm³/mol. The Kier molecular flexibility index (Phi) is 6.86. The number of carbonyl (C=O) groups excluding carboxylic acids is 2. The van der Waals surface area contributed by atoms with E-state index in [0.717, 1.165) is 36.1 Å². The summed E-state index contributed by atoms with van der Waals surface area (Å²) >= 11 is 1.47. The highest BCUT2D eigenvalue weighted by Crippen LogP contribution is 2.40. The van der Waals surface area contributed by atoms with E-state index in [0.29, 0.717) is 33.0 Å². The number of fused-ring (bicyclic) bond motifs is 2. The molecule has 0 saturated heterocycles. The van der Waals surface area contributed by atoms with Gasteiger partial charge < -0.3 is 19.2 Å². The number of methoxy groups -OCH3 is 1. The number of hydrogen-bond acceptors (Lipinski definition) is 7. The lowest BCUT2D eigenvalue weighted by Gasteiger charge is -2.11. The van der Waals surface area contributed by atoms with Crippen molar-refractivity contribution < 1.29 is 23.5 Å². The molecule has 1 amide bonds. The lowest BCUT2D eigenvalue weighted by Crippen LogP contribution is -2.21. The first-order valence-electron chi connectivity index (χ1n) is 11.9. The number of nitrogens with zero attached hydrogens (tertiary/aromatic N) is 1. The number of thiophene rings is 1. The summed E-state index contributed by atoms with van der Waals surface area (Å²) in [7, 11) is 1.58. The van der Waals surface area contributed by atoms with Crippen molar-refractivity contribution in [3.8, 4) is 5.75 Å². The predicted octanol–water partition coefficient (Wildman–Crippen LogP) is 6.04. The van der Waals surface area contributed by atoms with E-state index in [4.69, 9.17) is 18.9 Å². The summed E-state index contributed by atoms with van der Waals surface area (Å²) in [4.78, 5) is 32.2. The average molecular weight is 503 g/mol. The third kappa shape index (κ3) is 4.77. The van der Waals surface area contributed by atoms with Gasteiger partial charge in [0.15, 0.2) is 0 Å². The SMILES string of the molecule is CCOC(=O)c1c(N=c2oc3ccc(OC)cc3cc2C(=O)Nc2ccccc2)sc2c1CCCC2. The van der Waals surface area contributed by atoms with Gasteiger partial charge >= 0.3 is 5.97 Å². The number of amides is 1. The van der Waals surface area contributed by atoms with Gasteiger partial charge in [0.1, 0.15) is 21.9 Å². The molecule has 0 saturated carbocycles. The third-order valence-corrected chi connectivity index (χ3v) is 7.25. The molecule has 1 aliphatic rings. The first kappa shape index (κ1) is 23.8. The summed E-state index contributed by atoms with van der Waals surface area (Å²) in [6.07, 6.45) is 3.80. The monoisotopic (exact) mass is 502 g/mol. The van der Waals surface area contributed by atoms with E-state index in [1.54, 1.807) is 38.3 Å². The van der Waals surface area contributed by atoms with Crippen LogP contribution in [0.25, 0.3) is 11.0 Å². The standard InChI is InChI=1S/C28H26N2O5S/c1-3-34-28(32)24-20-11-7-8-12-23(20)36-27(24)30-26-21(25(31)29-18-9-5-4-6-10-18)16-17-15-19(33-2)13-14-22(17)35-26/h4-6,9-10,13-16H,3,7-8,11-12H2,1-2H3,(H,29,31). The van der Waals surface area contributed by atoms with Crippen LogP contribution >= 0.6 is 11.3 Å². The van der Waals surface area contributed by atoms with Crippen molar-refractivity contribution in [3.63, 3.8) is 0 Å². The van der Waals surface area contributed by atoms with E-state index in [1.165, 1.54) is 11.3 Å². The zero-order valence-electron chi connectivity index (χ0n) is 20.1. The molecule has 7 nitrogen and oxygen atoms in total. The summed E-state index contributed by atoms with van der Waals surface area (Å²) in [6.45, 7) is 2.06. The molecule has 0 bridgehead atoms. The Hall–Kier alpha value is -3.91. The fourth-order valence-corrected chi connectivity index (χ4v) is 5.58. The van der Waals surface area contributed by atoms with Crippen molar-refractivity contribution in [1.82, 2.24) is 0 Å². The number of nitrogens with one attached hydrogen (secondary N) is 1. The van der Waals surface area contributed by atoms with Crippen LogP contribution in [0.2, 0.25) is 0 Å². The number of esters is 1. The number of aryl methyl sites for hydroxylation is 1. The Morgan fingerprint density at radius 3 is 2.67 bits per heavy atom. The van der Waals surface area contributed by atoms with Gasteiger partial charge in [-0.15, -0.1) is 11.3 Å². The molecule has 0 atom stereocenters. The number of ether oxygens (including phenoxy) is 2. The molecule has 2 aromatic carbocycles. The van der Waals surface area contributed by atoms with Crippen molar-refractivity contribution >= 4 is 44.9 Å². The molecule has 8 heteroatoms. The van der Waals surface area contributed by atoms with E-state index in [9.17, 15) is 9.59 Å². The first-order chi connectivity index (χ1) is 17.6. The Labute approximate surface area is 212 Å². The molecule has 0 spiro atoms. The maximum Gasteiger partial charge on any atom is 0.341 e. The second-order valence-electron chi connectivity index (χ2n) is 8.41. The van der Waals surface area contributed by atoms with Gasteiger partial charge in [-0.3, -0.25) is 4.79 Å². The molecule has 0 fully saturated rings. The van der Waals surface area contributed by atoms with Gasteiger partial charge in [-0.1, -0.05) is 18.2 Å². The molecule has 4 aromatic rings. The molecule has 0 aliphatic heterocycles. The van der Waals surface area contributed by atoms with Gasteiger partial charge in [-0.05, 0) is 74.6 Å². The number of rotatable bonds is 6. The third-order valence-electron chi connectivity index (χ3n) is 6.07. The van der Waals surface area contributed by atoms with E-state index in [-0.39, 0.29) is 23.6 Å². The molecular formula is C28H26N2O5S. The molecule has 1 N–H and O–H groups in total. The van der Waals surface area contributed by atoms with Crippen LogP contribution in [0.4, 0.5) is 10.7 Å². The lowest BCUT2D eigenvalue weighted by molar-refractivity contribution is 0.0526. The minimum atomic E-state index is -0.392. The highest BCUT2D eigenvalue weighted by Gasteiger charge is 2.27. The smallest absolute Gasteiger partial charge is 0.341 e. The van der Waals surface area contributed by atoms with Crippen molar-refractivity contribution in [2.24, 2.45) is 4.99 Å². The van der Waals surface area contributed by atoms with Crippen LogP contribution in [0.1, 0.15) is 50.9 Å². The maximum absolute atomic E-state index is 13.4. The highest BCUT2D eigenvalue weighted by atomic mass is 32.1. The van der Waals surface area contributed by atoms with Crippen LogP contribution in [-0.2, 0) is 17.6 Å². The molecule has 184 valence electrons. The van der Waals surface area contributed by atoms with Gasteiger partial charge in [-0.2, -0.15) is 0 Å². The van der Waals surface area contributed by atoms with Gasteiger partial charge in [-0.25, -0.2) is 9.79 Å². The van der Waals surface area contributed by atoms with E-state index in [1.807, 2.05) is 30.3 Å². The summed E-state index contributed by atoms with van der Waals surface area (Å²) in [5, 5.41) is 4.11. The van der Waals surface area contributed by atoms with Crippen molar-refractivity contribution in [2.75, 3.05) is 19.0 Å². The van der Waals surface area contributed by atoms with Gasteiger partial charge in [0.25, 0.3) is 5.91 Å². The van der Waals surface area contributed by atoms with Gasteiger partial charge in [0, 0.05) is 16.0 Å². The number of hydrogen-bond donors (Lipinski definition) is 1. The van der Waals surface area contributed by atoms with Crippen LogP contribution in [0.3, 0.4) is 0 Å². The molecule has 5 rings (SSSR count). The highest BCUT2D eigenvalue weighted by molar-refractivity contribution is 7.16. The molecule has 0 unspecified atom stereocenters. The lowest BCUT2D eigenvalue weighted by atomic mass is 9.95. The van der Waals surface area contributed by atoms with Gasteiger partial charge in [0.05, 0.1) is 19.3 Å². The second-order valence-corrected chi connectivity index (χ2v) is 9.50. The first-order valence-corrected chi connectivity index (χ1v) is 12.7. The Morgan fingerprint density at radius 2 is 1.89 bits per heavy atom. The summed E-state index contributed by atoms with van der Waals surface area (Å²) < 4.78 is 16.9. The molecule has 0 radical (unpaired) electrons. The van der Waals surface area contributed by atoms with Crippen LogP contribution in [0.15, 0.2) is 64.0 Å². The zero-order valence-corrected chi connectivity index (χ0v) is 20.9. The summed E-state index contributed by atoms with van der Waals surface area (Å²) in [6, 6.07) is 16.3. The second kappa shape index (κ2) is 10.4. The Morgan fingerprint density at radius 1 is 1.08 bits per heavy atom. The molecule has 1 aliphatic carbocycles. The minimum Gasteiger partial charge on any atom is -0.497 e. The number of benzene rings is 2. The summed E-state index contributed by atoms with van der Waals surface area (Å²) in [5.41, 5.74) is 3.06. The zero-order chi connectivity index (χ0) is 25.1. The number of carbonyl (C=O) groups is 2. The normalized spacial score (nSPS) is 13.3. The van der Waals surface area contributed by atoms with Crippen molar-refractivity contribution in [3.05, 3.63) is 81.7 Å². The minimum absolute atomic E-state index is 0.130. The number of anilines is 1. The fraction of sp³-hybridized carbons (Fsp3) is 0.250. The maximum atomic E-state index is 13.4. The molecule has 2 heterocycles. The van der Waals surface area contributed by atoms with Crippen LogP contribution < -0.4 is 15.6 Å². The Balaban J connectivity index is 1.70.